The van der Waals surface area contributed by atoms with Gasteiger partial charge in [-0.2, -0.15) is 9.28 Å². The fourth-order valence-electron chi connectivity index (χ4n) is 3.70. The molecule has 1 fully saturated rings. The summed E-state index contributed by atoms with van der Waals surface area (Å²) in [4.78, 5) is 51.3. The van der Waals surface area contributed by atoms with Gasteiger partial charge >= 0.3 is 12.0 Å². The number of amides is 2. The van der Waals surface area contributed by atoms with E-state index in [4.69, 9.17) is 0 Å². The minimum absolute atomic E-state index is 0.215. The number of benzene rings is 1. The SMILES string of the molecule is C[C@@H]1CCC[N+]1(C(=O)O)C(=O)CC(SC(=O)c1ccccc1)C(=O)c1cccs1. The number of hydrogen-bond donors (Lipinski definition) is 1. The average molecular weight is 433 g/mol. The molecule has 1 N–H and O–H groups in total. The Morgan fingerprint density at radius 1 is 1.17 bits per heavy atom. The van der Waals surface area contributed by atoms with E-state index in [1.165, 1.54) is 11.3 Å². The Hall–Kier alpha value is -2.29. The molecule has 0 spiro atoms. The summed E-state index contributed by atoms with van der Waals surface area (Å²) in [5.74, 6) is -0.844. The first-order valence-electron chi connectivity index (χ1n) is 9.34. The number of hydrogen-bond acceptors (Lipinski definition) is 6. The zero-order chi connectivity index (χ0) is 21.0. The van der Waals surface area contributed by atoms with Gasteiger partial charge in [0.15, 0.2) is 5.78 Å². The van der Waals surface area contributed by atoms with Gasteiger partial charge in [-0.05, 0) is 18.4 Å². The van der Waals surface area contributed by atoms with Crippen LogP contribution in [0.15, 0.2) is 47.8 Å². The molecule has 1 aliphatic rings. The number of rotatable bonds is 6. The molecule has 2 heterocycles. The van der Waals surface area contributed by atoms with Gasteiger partial charge in [0.05, 0.1) is 23.1 Å². The first-order chi connectivity index (χ1) is 13.9. The molecule has 6 nitrogen and oxygen atoms in total. The van der Waals surface area contributed by atoms with E-state index in [1.54, 1.807) is 54.8 Å². The summed E-state index contributed by atoms with van der Waals surface area (Å²) in [5, 5.41) is 10.3. The average Bonchev–Trinajstić information content (AvgIpc) is 3.37. The molecule has 1 saturated heterocycles. The molecule has 0 aliphatic carbocycles. The normalized spacial score (nSPS) is 22.2. The highest BCUT2D eigenvalue weighted by molar-refractivity contribution is 8.15. The Kier molecular flexibility index (Phi) is 6.66. The second kappa shape index (κ2) is 9.02. The van der Waals surface area contributed by atoms with Crippen molar-refractivity contribution in [2.24, 2.45) is 0 Å². The number of carboxylic acid groups (broad SMARTS) is 1. The highest BCUT2D eigenvalue weighted by Gasteiger charge is 2.53. The number of likely N-dealkylation sites (tertiary alicyclic amines) is 1. The molecule has 3 atom stereocenters. The summed E-state index contributed by atoms with van der Waals surface area (Å²) in [6.07, 6.45) is -0.214. The van der Waals surface area contributed by atoms with E-state index < -0.39 is 21.7 Å². The minimum atomic E-state index is -1.19. The Labute approximate surface area is 177 Å². The lowest BCUT2D eigenvalue weighted by molar-refractivity contribution is -0.792. The minimum Gasteiger partial charge on any atom is -0.435 e. The number of carbonyl (C=O) groups excluding carboxylic acids is 3. The number of quaternary nitrogens is 1. The second-order valence-electron chi connectivity index (χ2n) is 7.07. The number of thiophene rings is 1. The van der Waals surface area contributed by atoms with E-state index in [0.29, 0.717) is 23.3 Å². The molecule has 2 amide bonds. The molecule has 1 aromatic carbocycles. The Morgan fingerprint density at radius 3 is 2.45 bits per heavy atom. The maximum atomic E-state index is 13.1. The van der Waals surface area contributed by atoms with Gasteiger partial charge in [-0.3, -0.25) is 9.59 Å². The fraction of sp³-hybridized carbons (Fsp3) is 0.333. The van der Waals surface area contributed by atoms with E-state index >= 15 is 0 Å². The standard InChI is InChI=1S/C21H21NO5S2/c1-14-7-5-11-22(14,21(26)27)18(23)13-17(19(24)16-10-6-12-28-16)29-20(25)15-8-3-2-4-9-15/h2-4,6,8-10,12,14,17H,5,7,11,13H2,1H3/p+1/t14-,17?,22?/m1/s1. The van der Waals surface area contributed by atoms with Crippen molar-refractivity contribution in [3.63, 3.8) is 0 Å². The Bertz CT molecular complexity index is 912. The van der Waals surface area contributed by atoms with Crippen molar-refractivity contribution in [2.75, 3.05) is 6.54 Å². The number of Topliss-reactive ketones (excluding diaryl/α,β-unsaturated/α-hetero) is 1. The van der Waals surface area contributed by atoms with Gasteiger partial charge < -0.3 is 5.11 Å². The monoisotopic (exact) mass is 432 g/mol. The molecule has 0 radical (unpaired) electrons. The van der Waals surface area contributed by atoms with Crippen LogP contribution in [0.2, 0.25) is 0 Å². The second-order valence-corrected chi connectivity index (χ2v) is 9.19. The number of thioether (sulfide) groups is 1. The van der Waals surface area contributed by atoms with Gasteiger partial charge in [-0.1, -0.05) is 48.2 Å². The van der Waals surface area contributed by atoms with Crippen LogP contribution in [0.4, 0.5) is 4.79 Å². The van der Waals surface area contributed by atoms with Gasteiger partial charge in [0.1, 0.15) is 6.04 Å². The van der Waals surface area contributed by atoms with Crippen molar-refractivity contribution >= 4 is 46.0 Å². The van der Waals surface area contributed by atoms with Crippen molar-refractivity contribution in [3.8, 4) is 0 Å². The van der Waals surface area contributed by atoms with Crippen LogP contribution < -0.4 is 0 Å². The maximum Gasteiger partial charge on any atom is 0.521 e. The summed E-state index contributed by atoms with van der Waals surface area (Å²) in [6.45, 7) is 1.96. The van der Waals surface area contributed by atoms with Crippen LogP contribution in [0.25, 0.3) is 0 Å². The maximum absolute atomic E-state index is 13.1. The van der Waals surface area contributed by atoms with Crippen LogP contribution >= 0.6 is 23.1 Å². The van der Waals surface area contributed by atoms with E-state index in [-0.39, 0.29) is 29.9 Å². The highest BCUT2D eigenvalue weighted by Crippen LogP contribution is 2.32. The zero-order valence-corrected chi connectivity index (χ0v) is 17.6. The molecule has 8 heteroatoms. The first kappa shape index (κ1) is 21.4. The highest BCUT2D eigenvalue weighted by atomic mass is 32.2. The molecule has 152 valence electrons. The third kappa shape index (κ3) is 4.34. The predicted molar refractivity (Wildman–Crippen MR) is 112 cm³/mol. The largest absolute Gasteiger partial charge is 0.521 e. The van der Waals surface area contributed by atoms with E-state index in [1.807, 2.05) is 0 Å². The molecule has 29 heavy (non-hydrogen) atoms. The van der Waals surface area contributed by atoms with Crippen LogP contribution in [0.3, 0.4) is 0 Å². The fourth-order valence-corrected chi connectivity index (χ4v) is 5.48. The van der Waals surface area contributed by atoms with Crippen molar-refractivity contribution in [2.45, 2.75) is 37.5 Å². The van der Waals surface area contributed by atoms with E-state index in [2.05, 4.69) is 0 Å². The zero-order valence-electron chi connectivity index (χ0n) is 15.9. The lowest BCUT2D eigenvalue weighted by atomic mass is 10.1. The number of ketones is 1. The topological polar surface area (TPSA) is 88.5 Å². The van der Waals surface area contributed by atoms with Gasteiger partial charge in [0, 0.05) is 18.4 Å². The van der Waals surface area contributed by atoms with Gasteiger partial charge in [0.25, 0.3) is 0 Å². The molecular weight excluding hydrogens is 410 g/mol. The quantitative estimate of drug-likeness (QED) is 0.535. The molecule has 1 aromatic heterocycles. The summed E-state index contributed by atoms with van der Waals surface area (Å²) >= 11 is 2.04. The molecule has 0 bridgehead atoms. The third-order valence-electron chi connectivity index (χ3n) is 5.35. The van der Waals surface area contributed by atoms with E-state index in [0.717, 1.165) is 11.8 Å². The van der Waals surface area contributed by atoms with Crippen molar-refractivity contribution in [1.29, 1.82) is 0 Å². The molecule has 2 aromatic rings. The number of nitrogens with zero attached hydrogens (tertiary/aromatic N) is 1. The van der Waals surface area contributed by atoms with Gasteiger partial charge in [-0.15, -0.1) is 11.3 Å². The molecule has 3 rings (SSSR count). The van der Waals surface area contributed by atoms with E-state index in [9.17, 15) is 24.3 Å². The molecule has 0 saturated carbocycles. The van der Waals surface area contributed by atoms with Crippen LogP contribution in [-0.2, 0) is 4.79 Å². The van der Waals surface area contributed by atoms with Gasteiger partial charge in [0.2, 0.25) is 5.12 Å². The van der Waals surface area contributed by atoms with Crippen LogP contribution in [0, 0.1) is 0 Å². The smallest absolute Gasteiger partial charge is 0.435 e. The third-order valence-corrected chi connectivity index (χ3v) is 7.35. The lowest BCUT2D eigenvalue weighted by Crippen LogP contribution is -2.59. The van der Waals surface area contributed by atoms with Crippen molar-refractivity contribution in [1.82, 2.24) is 0 Å². The molecule has 1 aliphatic heterocycles. The van der Waals surface area contributed by atoms with Crippen LogP contribution in [0.1, 0.15) is 46.2 Å². The van der Waals surface area contributed by atoms with Crippen molar-refractivity contribution < 1.29 is 28.8 Å². The molecule has 2 unspecified atom stereocenters. The lowest BCUT2D eigenvalue weighted by Gasteiger charge is -2.30. The van der Waals surface area contributed by atoms with Gasteiger partial charge in [-0.25, -0.2) is 4.79 Å². The summed E-state index contributed by atoms with van der Waals surface area (Å²) < 4.78 is -0.672. The number of imide groups is 1. The first-order valence-corrected chi connectivity index (χ1v) is 11.1. The Balaban J connectivity index is 1.87. The summed E-state index contributed by atoms with van der Waals surface area (Å²) in [7, 11) is 0. The predicted octanol–water partition coefficient (Wildman–Crippen LogP) is 4.47. The summed E-state index contributed by atoms with van der Waals surface area (Å²) in [6, 6.07) is 11.6. The Morgan fingerprint density at radius 2 is 1.90 bits per heavy atom. The number of carbonyl (C=O) groups is 4. The summed E-state index contributed by atoms with van der Waals surface area (Å²) in [5.41, 5.74) is 0.436. The van der Waals surface area contributed by atoms with Crippen LogP contribution in [0.5, 0.6) is 0 Å². The van der Waals surface area contributed by atoms with Crippen molar-refractivity contribution in [3.05, 3.63) is 58.3 Å². The molecular formula is C21H22NO5S2+. The van der Waals surface area contributed by atoms with Crippen LogP contribution in [-0.4, -0.2) is 50.3 Å².